The quantitative estimate of drug-likeness (QED) is 0.213. The van der Waals surface area contributed by atoms with Crippen molar-refractivity contribution in [2.45, 2.75) is 64.7 Å². The van der Waals surface area contributed by atoms with E-state index in [9.17, 15) is 30.7 Å². The minimum atomic E-state index is -4.77. The van der Waals surface area contributed by atoms with E-state index in [1.165, 1.54) is 12.1 Å². The molecule has 3 nitrogen and oxygen atoms in total. The average Bonchev–Trinajstić information content (AvgIpc) is 2.69. The molecular formula is C22H33F7N2O. The van der Waals surface area contributed by atoms with Gasteiger partial charge < -0.3 is 15.4 Å². The highest BCUT2D eigenvalue weighted by Crippen LogP contribution is 2.41. The Morgan fingerprint density at radius 3 is 2.12 bits per heavy atom. The first-order valence-electron chi connectivity index (χ1n) is 11.0. The molecular weight excluding hydrogens is 441 g/mol. The summed E-state index contributed by atoms with van der Waals surface area (Å²) in [7, 11) is 0. The lowest BCUT2D eigenvalue weighted by atomic mass is 9.87. The molecule has 0 radical (unpaired) electrons. The number of benzene rings is 1. The van der Waals surface area contributed by atoms with Crippen molar-refractivity contribution in [2.75, 3.05) is 31.6 Å². The molecule has 0 bridgehead atoms. The smallest absolute Gasteiger partial charge is 0.391 e. The highest BCUT2D eigenvalue weighted by Gasteiger charge is 2.47. The molecule has 1 rings (SSSR count). The number of ether oxygens (including phenoxy) is 1. The van der Waals surface area contributed by atoms with E-state index in [1.54, 1.807) is 0 Å². The monoisotopic (exact) mass is 474 g/mol. The highest BCUT2D eigenvalue weighted by atomic mass is 19.4. The second kappa shape index (κ2) is 13.7. The molecule has 0 aliphatic rings. The summed E-state index contributed by atoms with van der Waals surface area (Å²) in [5.74, 6) is -4.76. The number of nitrogens with one attached hydrogen (secondary N) is 2. The highest BCUT2D eigenvalue weighted by molar-refractivity contribution is 5.48. The summed E-state index contributed by atoms with van der Waals surface area (Å²) in [6, 6.07) is 3.86. The van der Waals surface area contributed by atoms with Crippen LogP contribution in [0.3, 0.4) is 0 Å². The van der Waals surface area contributed by atoms with Crippen LogP contribution < -0.4 is 15.4 Å². The van der Waals surface area contributed by atoms with Crippen molar-refractivity contribution in [1.29, 1.82) is 0 Å². The number of unbranched alkanes of at least 4 members (excludes halogenated alkanes) is 2. The zero-order valence-electron chi connectivity index (χ0n) is 18.5. The van der Waals surface area contributed by atoms with Crippen molar-refractivity contribution in [3.63, 3.8) is 0 Å². The van der Waals surface area contributed by atoms with Gasteiger partial charge in [-0.3, -0.25) is 0 Å². The van der Waals surface area contributed by atoms with Crippen LogP contribution in [-0.4, -0.2) is 38.6 Å². The van der Waals surface area contributed by atoms with Gasteiger partial charge >= 0.3 is 12.4 Å². The van der Waals surface area contributed by atoms with E-state index in [0.29, 0.717) is 25.9 Å². The van der Waals surface area contributed by atoms with Crippen LogP contribution in [0.15, 0.2) is 18.2 Å². The third-order valence-electron chi connectivity index (χ3n) is 5.19. The molecule has 0 saturated carbocycles. The first-order chi connectivity index (χ1) is 15.0. The van der Waals surface area contributed by atoms with Gasteiger partial charge in [0.15, 0.2) is 0 Å². The van der Waals surface area contributed by atoms with Crippen molar-refractivity contribution in [1.82, 2.24) is 5.32 Å². The van der Waals surface area contributed by atoms with Crippen LogP contribution in [0, 0.1) is 17.7 Å². The van der Waals surface area contributed by atoms with E-state index < -0.39 is 49.5 Å². The first-order valence-corrected chi connectivity index (χ1v) is 11.0. The van der Waals surface area contributed by atoms with Gasteiger partial charge in [0, 0.05) is 19.2 Å². The van der Waals surface area contributed by atoms with Crippen molar-refractivity contribution in [2.24, 2.45) is 11.8 Å². The molecule has 2 N–H and O–H groups in total. The van der Waals surface area contributed by atoms with E-state index >= 15 is 0 Å². The summed E-state index contributed by atoms with van der Waals surface area (Å²) >= 11 is 0. The second-order valence-corrected chi connectivity index (χ2v) is 7.77. The Bertz CT molecular complexity index is 650. The number of halogens is 7. The molecule has 0 amide bonds. The van der Waals surface area contributed by atoms with Gasteiger partial charge in [0.25, 0.3) is 0 Å². The van der Waals surface area contributed by atoms with Crippen molar-refractivity contribution < 1.29 is 35.5 Å². The fraction of sp³-hybridized carbons (Fsp3) is 0.727. The van der Waals surface area contributed by atoms with Crippen LogP contribution in [0.25, 0.3) is 0 Å². The zero-order valence-corrected chi connectivity index (χ0v) is 18.5. The topological polar surface area (TPSA) is 33.3 Å². The number of anilines is 1. The molecule has 0 heterocycles. The maximum Gasteiger partial charge on any atom is 0.391 e. The van der Waals surface area contributed by atoms with Gasteiger partial charge in [-0.25, -0.2) is 4.39 Å². The van der Waals surface area contributed by atoms with Gasteiger partial charge in [0.05, 0.1) is 24.1 Å². The molecule has 2 atom stereocenters. The lowest BCUT2D eigenvalue weighted by Crippen LogP contribution is -2.32. The van der Waals surface area contributed by atoms with Crippen LogP contribution >= 0.6 is 0 Å². The fourth-order valence-corrected chi connectivity index (χ4v) is 3.32. The fourth-order valence-electron chi connectivity index (χ4n) is 3.32. The van der Waals surface area contributed by atoms with Crippen LogP contribution in [0.1, 0.15) is 52.4 Å². The standard InChI is InChI=1S/C22H33F7N2O/c1-3-5-6-7-16(21(24,25)26)14-17(22(27,28)29)10-13-32-18-8-9-20(19(23)15-18)31-12-11-30-4-2/h8-9,15-17,30-31H,3-7,10-14H2,1-2H3. The Labute approximate surface area is 185 Å². The summed E-state index contributed by atoms with van der Waals surface area (Å²) in [6.07, 6.45) is -9.98. The SMILES string of the molecule is CCCCCC(CC(CCOc1ccc(NCCNCC)c(F)c1)C(F)(F)F)C(F)(F)F. The molecule has 0 spiro atoms. The maximum absolute atomic E-state index is 14.1. The number of rotatable bonds is 15. The van der Waals surface area contributed by atoms with Gasteiger partial charge in [-0.05, 0) is 37.9 Å². The maximum atomic E-state index is 14.1. The predicted molar refractivity (Wildman–Crippen MR) is 111 cm³/mol. The molecule has 1 aromatic carbocycles. The van der Waals surface area contributed by atoms with Gasteiger partial charge in [0.2, 0.25) is 0 Å². The predicted octanol–water partition coefficient (Wildman–Crippen LogP) is 6.94. The largest absolute Gasteiger partial charge is 0.493 e. The Morgan fingerprint density at radius 1 is 0.906 bits per heavy atom. The van der Waals surface area contributed by atoms with Gasteiger partial charge in [-0.2, -0.15) is 26.3 Å². The Balaban J connectivity index is 2.67. The molecule has 0 aromatic heterocycles. The normalized spacial score (nSPS) is 14.3. The second-order valence-electron chi connectivity index (χ2n) is 7.77. The molecule has 0 aliphatic carbocycles. The third kappa shape index (κ3) is 10.7. The molecule has 0 saturated heterocycles. The molecule has 186 valence electrons. The average molecular weight is 475 g/mol. The minimum absolute atomic E-state index is 0.0241. The Kier molecular flexibility index (Phi) is 12.2. The van der Waals surface area contributed by atoms with Crippen LogP contribution in [0.2, 0.25) is 0 Å². The number of hydrogen-bond acceptors (Lipinski definition) is 3. The van der Waals surface area contributed by atoms with E-state index in [0.717, 1.165) is 12.6 Å². The minimum Gasteiger partial charge on any atom is -0.493 e. The number of alkyl halides is 6. The molecule has 1 aromatic rings. The van der Waals surface area contributed by atoms with Gasteiger partial charge in [-0.1, -0.05) is 33.1 Å². The molecule has 10 heteroatoms. The van der Waals surface area contributed by atoms with E-state index in [-0.39, 0.29) is 24.3 Å². The molecule has 0 aliphatic heterocycles. The summed E-state index contributed by atoms with van der Waals surface area (Å²) in [6.45, 7) is 5.18. The third-order valence-corrected chi connectivity index (χ3v) is 5.19. The summed E-state index contributed by atoms with van der Waals surface area (Å²) in [5, 5.41) is 5.94. The molecule has 32 heavy (non-hydrogen) atoms. The molecule has 0 fully saturated rings. The van der Waals surface area contributed by atoms with E-state index in [2.05, 4.69) is 10.6 Å². The van der Waals surface area contributed by atoms with E-state index in [1.807, 2.05) is 13.8 Å². The van der Waals surface area contributed by atoms with Crippen molar-refractivity contribution >= 4 is 5.69 Å². The summed E-state index contributed by atoms with van der Waals surface area (Å²) in [4.78, 5) is 0. The lowest BCUT2D eigenvalue weighted by molar-refractivity contribution is -0.213. The van der Waals surface area contributed by atoms with Crippen molar-refractivity contribution in [3.05, 3.63) is 24.0 Å². The van der Waals surface area contributed by atoms with Gasteiger partial charge in [-0.15, -0.1) is 0 Å². The van der Waals surface area contributed by atoms with E-state index in [4.69, 9.17) is 4.74 Å². The van der Waals surface area contributed by atoms with Crippen LogP contribution in [0.4, 0.5) is 36.4 Å². The van der Waals surface area contributed by atoms with Crippen LogP contribution in [0.5, 0.6) is 5.75 Å². The number of hydrogen-bond donors (Lipinski definition) is 2. The summed E-state index contributed by atoms with van der Waals surface area (Å²) in [5.41, 5.74) is 0.225. The van der Waals surface area contributed by atoms with Gasteiger partial charge in [0.1, 0.15) is 11.6 Å². The first kappa shape index (κ1) is 28.3. The summed E-state index contributed by atoms with van der Waals surface area (Å²) < 4.78 is 99.2. The Morgan fingerprint density at radius 2 is 1.56 bits per heavy atom. The van der Waals surface area contributed by atoms with Crippen molar-refractivity contribution in [3.8, 4) is 5.75 Å². The molecule has 2 unspecified atom stereocenters. The lowest BCUT2D eigenvalue weighted by Gasteiger charge is -2.27. The zero-order chi connectivity index (χ0) is 24.2. The Hall–Kier alpha value is -1.71. The number of likely N-dealkylation sites (N-methyl/N-ethyl adjacent to an activating group) is 1. The van der Waals surface area contributed by atoms with Crippen LogP contribution in [-0.2, 0) is 0 Å².